The van der Waals surface area contributed by atoms with Crippen LogP contribution in [0.1, 0.15) is 5.48 Å². The van der Waals surface area contributed by atoms with Crippen molar-refractivity contribution in [1.29, 1.82) is 0 Å². The van der Waals surface area contributed by atoms with Crippen LogP contribution < -0.4 is 26.2 Å². The van der Waals surface area contributed by atoms with Gasteiger partial charge in [0.2, 0.25) is 5.88 Å². The molecule has 0 amide bonds. The summed E-state index contributed by atoms with van der Waals surface area (Å²) in [7, 11) is 0. The molecule has 4 heteroatoms. The first kappa shape index (κ1) is 28.6. The van der Waals surface area contributed by atoms with E-state index in [1.807, 2.05) is 18.2 Å². The van der Waals surface area contributed by atoms with Crippen LogP contribution in [0.3, 0.4) is 0 Å². The van der Waals surface area contributed by atoms with Gasteiger partial charge in [-0.2, -0.15) is 0 Å². The third kappa shape index (κ3) is 4.14. The number of para-hydroxylation sites is 2. The molecule has 60 heavy (non-hydrogen) atoms. The quantitative estimate of drug-likeness (QED) is 0.129. The summed E-state index contributed by atoms with van der Waals surface area (Å²) in [5.74, 6) is 0.636. The van der Waals surface area contributed by atoms with Gasteiger partial charge in [-0.25, -0.2) is 0 Å². The van der Waals surface area contributed by atoms with E-state index in [1.165, 1.54) is 21.5 Å². The molecule has 0 saturated heterocycles. The fourth-order valence-corrected chi connectivity index (χ4v) is 10.8. The van der Waals surface area contributed by atoms with Gasteiger partial charge in [0.25, 0.3) is 6.71 Å². The van der Waals surface area contributed by atoms with E-state index >= 15 is 0 Å². The Labute approximate surface area is 351 Å². The third-order valence-corrected chi connectivity index (χ3v) is 13.1. The van der Waals surface area contributed by atoms with Crippen LogP contribution in [0.25, 0.3) is 75.6 Å². The number of benzene rings is 11. The Morgan fingerprint density at radius 1 is 0.383 bits per heavy atom. The van der Waals surface area contributed by atoms with Crippen molar-refractivity contribution in [2.45, 2.75) is 0 Å². The third-order valence-electron chi connectivity index (χ3n) is 13.1. The molecule has 0 saturated carbocycles. The second-order valence-electron chi connectivity index (χ2n) is 16.0. The maximum Gasteiger partial charge on any atom is 0.257 e. The molecule has 3 heterocycles. The molecule has 0 aliphatic carbocycles. The van der Waals surface area contributed by atoms with Crippen molar-refractivity contribution in [1.82, 2.24) is 0 Å². The predicted molar refractivity (Wildman–Crippen MR) is 255 cm³/mol. The van der Waals surface area contributed by atoms with Crippen molar-refractivity contribution in [3.8, 4) is 0 Å². The van der Waals surface area contributed by atoms with Crippen LogP contribution in [0.15, 0.2) is 205 Å². The molecule has 0 spiro atoms. The van der Waals surface area contributed by atoms with E-state index in [2.05, 4.69) is 168 Å². The van der Waals surface area contributed by atoms with Crippen LogP contribution >= 0.6 is 0 Å². The van der Waals surface area contributed by atoms with Gasteiger partial charge in [0.15, 0.2) is 0 Å². The summed E-state index contributed by atoms with van der Waals surface area (Å²) in [6.45, 7) is -0.577. The Morgan fingerprint density at radius 3 is 1.53 bits per heavy atom. The van der Waals surface area contributed by atoms with Gasteiger partial charge in [0, 0.05) is 39.0 Å². The summed E-state index contributed by atoms with van der Waals surface area (Å²) in [5, 5.41) is 14.6. The number of hydrogen-bond donors (Lipinski definition) is 0. The highest BCUT2D eigenvalue weighted by atomic mass is 16.4. The smallest absolute Gasteiger partial charge is 0.257 e. The number of rotatable bonds is 2. The van der Waals surface area contributed by atoms with Crippen LogP contribution in [0, 0.1) is 0 Å². The maximum atomic E-state index is 9.79. The topological polar surface area (TPSA) is 19.6 Å². The zero-order valence-electron chi connectivity index (χ0n) is 36.1. The summed E-state index contributed by atoms with van der Waals surface area (Å²) in [5.41, 5.74) is 7.00. The molecule has 0 fully saturated rings. The zero-order chi connectivity index (χ0) is 42.5. The fraction of sp³-hybridized carbons (Fsp3) is 0. The maximum absolute atomic E-state index is 9.79. The number of fused-ring (bicyclic) bond motifs is 18. The molecule has 0 radical (unpaired) electrons. The van der Waals surface area contributed by atoms with Crippen molar-refractivity contribution in [2.75, 3.05) is 9.80 Å². The van der Waals surface area contributed by atoms with Crippen molar-refractivity contribution in [2.24, 2.45) is 0 Å². The first-order valence-corrected chi connectivity index (χ1v) is 20.5. The summed E-state index contributed by atoms with van der Waals surface area (Å²) >= 11 is 0. The van der Waals surface area contributed by atoms with E-state index < -0.39 is 6.71 Å². The molecule has 0 bridgehead atoms. The summed E-state index contributed by atoms with van der Waals surface area (Å²) in [6.07, 6.45) is 0. The van der Waals surface area contributed by atoms with Crippen LogP contribution in [-0.2, 0) is 0 Å². The van der Waals surface area contributed by atoms with E-state index in [-0.39, 0.29) is 24.2 Å². The summed E-state index contributed by atoms with van der Waals surface area (Å²) < 4.78 is 44.8. The molecule has 14 rings (SSSR count). The average Bonchev–Trinajstić information content (AvgIpc) is 3.74. The van der Waals surface area contributed by atoms with E-state index in [0.717, 1.165) is 82.2 Å². The number of furan rings is 1. The first-order chi connectivity index (χ1) is 31.5. The minimum atomic E-state index is -0.577. The van der Waals surface area contributed by atoms with E-state index in [0.29, 0.717) is 22.6 Å². The Kier molecular flexibility index (Phi) is 5.65. The van der Waals surface area contributed by atoms with Gasteiger partial charge in [0.05, 0.1) is 11.2 Å². The van der Waals surface area contributed by atoms with Crippen LogP contribution in [-0.4, -0.2) is 6.71 Å². The second kappa shape index (κ2) is 11.9. The van der Waals surface area contributed by atoms with Gasteiger partial charge in [0.1, 0.15) is 5.58 Å². The molecule has 0 atom stereocenters. The minimum Gasteiger partial charge on any atom is -0.440 e. The molecule has 1 aromatic heterocycles. The molecule has 0 N–H and O–H groups in total. The normalized spacial score (nSPS) is 14.2. The minimum absolute atomic E-state index is 0.0593. The fourth-order valence-electron chi connectivity index (χ4n) is 10.8. The molecule has 11 aromatic carbocycles. The molecule has 2 aliphatic rings. The monoisotopic (exact) mass is 764 g/mol. The Hall–Kier alpha value is -7.82. The van der Waals surface area contributed by atoms with E-state index in [1.54, 1.807) is 0 Å². The zero-order valence-corrected chi connectivity index (χ0v) is 32.1. The predicted octanol–water partition coefficient (Wildman–Crippen LogP) is 13.4. The van der Waals surface area contributed by atoms with Gasteiger partial charge in [-0.1, -0.05) is 158 Å². The molecule has 2 aliphatic heterocycles. The van der Waals surface area contributed by atoms with Crippen LogP contribution in [0.2, 0.25) is 0 Å². The van der Waals surface area contributed by atoms with Gasteiger partial charge >= 0.3 is 0 Å². The van der Waals surface area contributed by atoms with Gasteiger partial charge in [-0.15, -0.1) is 0 Å². The highest BCUT2D eigenvalue weighted by molar-refractivity contribution is 7.01. The lowest BCUT2D eigenvalue weighted by Crippen LogP contribution is -2.61. The summed E-state index contributed by atoms with van der Waals surface area (Å²) in [6, 6.07) is 61.0. The van der Waals surface area contributed by atoms with Gasteiger partial charge in [-0.3, -0.25) is 4.90 Å². The highest BCUT2D eigenvalue weighted by Gasteiger charge is 2.46. The van der Waals surface area contributed by atoms with E-state index in [4.69, 9.17) is 7.16 Å². The number of hydrogen-bond acceptors (Lipinski definition) is 3. The molecule has 0 unspecified atom stereocenters. The highest BCUT2D eigenvalue weighted by Crippen LogP contribution is 2.49. The largest absolute Gasteiger partial charge is 0.440 e. The van der Waals surface area contributed by atoms with Crippen molar-refractivity contribution in [3.05, 3.63) is 200 Å². The SMILES string of the molecule is [2H]c1c([2H])c([2H])c2c(c1[2H])B1c3c(cccc3N(c3cccc4c5ccccc5c5ccccc5c34)c3oc4ccccc4c31)N2c1ccc2c3ccccc3c3ccccc3c2c1. The molecule has 3 nitrogen and oxygen atoms in total. The standard InChI is InChI=1S/C56H33BN2O/c1-2-17-37-35(15-1)36-16-4-6-21-41(36)46-33-34(31-32-42(37)46)58-48-26-11-10-25-47(48)57-54-45-23-9-12-30-52(45)60-56(54)59(51-29-14-28-50(58)55(51)57)49-27-13-24-44-40-19-5-3-18-38(40)39-20-7-8-22-43(39)53(44)49/h1-33H/i10D,11D,25D,26D. The lowest BCUT2D eigenvalue weighted by Gasteiger charge is -2.42. The first-order valence-electron chi connectivity index (χ1n) is 22.5. The summed E-state index contributed by atoms with van der Waals surface area (Å²) in [4.78, 5) is 4.35. The van der Waals surface area contributed by atoms with Crippen LogP contribution in [0.4, 0.5) is 34.3 Å². The Morgan fingerprint density at radius 2 is 0.867 bits per heavy atom. The van der Waals surface area contributed by atoms with Gasteiger partial charge in [-0.05, 0) is 113 Å². The Bertz CT molecular complexity index is 3990. The molecular formula is C56H33BN2O. The number of anilines is 6. The van der Waals surface area contributed by atoms with Crippen molar-refractivity contribution in [3.63, 3.8) is 0 Å². The van der Waals surface area contributed by atoms with E-state index in [9.17, 15) is 2.74 Å². The Balaban J connectivity index is 1.13. The second-order valence-corrected chi connectivity index (χ2v) is 16.0. The van der Waals surface area contributed by atoms with Gasteiger partial charge < -0.3 is 9.32 Å². The number of nitrogens with zero attached hydrogens (tertiary/aromatic N) is 2. The lowest BCUT2D eigenvalue weighted by atomic mass is 9.33. The lowest BCUT2D eigenvalue weighted by molar-refractivity contribution is 0.623. The van der Waals surface area contributed by atoms with Crippen molar-refractivity contribution < 1.29 is 9.90 Å². The molecular weight excluding hydrogens is 727 g/mol. The molecule has 276 valence electrons. The molecule has 12 aromatic rings. The van der Waals surface area contributed by atoms with Crippen LogP contribution in [0.5, 0.6) is 0 Å². The van der Waals surface area contributed by atoms with Crippen molar-refractivity contribution >= 4 is 133 Å². The average molecular weight is 765 g/mol.